The second-order valence-electron chi connectivity index (χ2n) is 7.61. The van der Waals surface area contributed by atoms with Gasteiger partial charge in [-0.25, -0.2) is 9.59 Å². The van der Waals surface area contributed by atoms with Crippen molar-refractivity contribution in [1.29, 1.82) is 0 Å². The molecule has 0 radical (unpaired) electrons. The van der Waals surface area contributed by atoms with Crippen molar-refractivity contribution in [2.24, 2.45) is 0 Å². The highest BCUT2D eigenvalue weighted by molar-refractivity contribution is 6.00. The van der Waals surface area contributed by atoms with E-state index in [1.165, 1.54) is 9.80 Å². The molecule has 0 aromatic heterocycles. The number of carbonyl (C=O) groups is 3. The van der Waals surface area contributed by atoms with Crippen LogP contribution in [0.4, 0.5) is 4.79 Å². The molecular weight excluding hydrogens is 368 g/mol. The monoisotopic (exact) mass is 392 g/mol. The second-order valence-corrected chi connectivity index (χ2v) is 7.61. The zero-order valence-corrected chi connectivity index (χ0v) is 16.1. The molecule has 0 unspecified atom stereocenters. The van der Waals surface area contributed by atoms with Gasteiger partial charge in [0.15, 0.2) is 11.5 Å². The van der Waals surface area contributed by atoms with Gasteiger partial charge in [-0.3, -0.25) is 4.79 Å². The smallest absolute Gasteiger partial charge is 0.410 e. The third kappa shape index (κ3) is 4.13. The van der Waals surface area contributed by atoms with Gasteiger partial charge < -0.3 is 29.1 Å². The Morgan fingerprint density at radius 3 is 2.54 bits per heavy atom. The van der Waals surface area contributed by atoms with Gasteiger partial charge >= 0.3 is 12.1 Å². The molecule has 1 atom stereocenters. The minimum absolute atomic E-state index is 0.0690. The van der Waals surface area contributed by atoms with Crippen molar-refractivity contribution in [2.75, 3.05) is 32.8 Å². The van der Waals surface area contributed by atoms with Crippen LogP contribution in [0.3, 0.4) is 0 Å². The molecule has 1 saturated heterocycles. The predicted octanol–water partition coefficient (Wildman–Crippen LogP) is 1.60. The molecule has 152 valence electrons. The third-order valence-corrected chi connectivity index (χ3v) is 4.37. The first-order valence-corrected chi connectivity index (χ1v) is 9.07. The van der Waals surface area contributed by atoms with Gasteiger partial charge in [0.1, 0.15) is 24.9 Å². The lowest BCUT2D eigenvalue weighted by Crippen LogP contribution is -2.59. The molecule has 0 saturated carbocycles. The number of hydrogen-bond acceptors (Lipinski definition) is 6. The Balaban J connectivity index is 1.80. The zero-order valence-electron chi connectivity index (χ0n) is 16.1. The van der Waals surface area contributed by atoms with Crippen LogP contribution in [0.15, 0.2) is 18.2 Å². The van der Waals surface area contributed by atoms with E-state index in [1.807, 2.05) is 0 Å². The maximum atomic E-state index is 13.1. The lowest BCUT2D eigenvalue weighted by atomic mass is 10.1. The van der Waals surface area contributed by atoms with Crippen LogP contribution < -0.4 is 9.47 Å². The lowest BCUT2D eigenvalue weighted by Gasteiger charge is -2.39. The summed E-state index contributed by atoms with van der Waals surface area (Å²) < 4.78 is 16.4. The van der Waals surface area contributed by atoms with Gasteiger partial charge in [0, 0.05) is 13.1 Å². The Labute approximate surface area is 162 Å². The van der Waals surface area contributed by atoms with Gasteiger partial charge in [0.05, 0.1) is 12.1 Å². The fourth-order valence-corrected chi connectivity index (χ4v) is 3.13. The molecule has 0 bridgehead atoms. The Morgan fingerprint density at radius 2 is 1.86 bits per heavy atom. The van der Waals surface area contributed by atoms with Crippen molar-refractivity contribution in [2.45, 2.75) is 32.4 Å². The molecular formula is C19H24N2O7. The molecule has 3 rings (SSSR count). The summed E-state index contributed by atoms with van der Waals surface area (Å²) in [5.74, 6) is -0.893. The molecule has 1 fully saturated rings. The summed E-state index contributed by atoms with van der Waals surface area (Å²) in [5, 5.41) is 9.65. The number of carboxylic acid groups (broad SMARTS) is 1. The molecule has 2 amide bonds. The van der Waals surface area contributed by atoms with Crippen LogP contribution in [0.5, 0.6) is 11.5 Å². The highest BCUT2D eigenvalue weighted by Crippen LogP contribution is 2.34. The topological polar surface area (TPSA) is 106 Å². The maximum absolute atomic E-state index is 13.1. The van der Waals surface area contributed by atoms with Crippen LogP contribution in [-0.2, 0) is 9.53 Å². The SMILES string of the molecule is CC(C)(C)OC(=O)N1CCN(C(=O)c2cccc3c2OCCO3)[C@@H](C(=O)O)C1. The van der Waals surface area contributed by atoms with Gasteiger partial charge in [0.2, 0.25) is 0 Å². The first-order valence-electron chi connectivity index (χ1n) is 9.07. The zero-order chi connectivity index (χ0) is 20.5. The van der Waals surface area contributed by atoms with E-state index in [2.05, 4.69) is 0 Å². The molecule has 0 aliphatic carbocycles. The minimum Gasteiger partial charge on any atom is -0.486 e. The predicted molar refractivity (Wildman–Crippen MR) is 97.7 cm³/mol. The van der Waals surface area contributed by atoms with Crippen molar-refractivity contribution in [1.82, 2.24) is 9.80 Å². The molecule has 9 heteroatoms. The molecule has 1 N–H and O–H groups in total. The summed E-state index contributed by atoms with van der Waals surface area (Å²) in [6.45, 7) is 6.00. The van der Waals surface area contributed by atoms with Crippen LogP contribution in [0.1, 0.15) is 31.1 Å². The Bertz CT molecular complexity index is 787. The molecule has 2 heterocycles. The van der Waals surface area contributed by atoms with Crippen LogP contribution in [-0.4, -0.2) is 77.4 Å². The quantitative estimate of drug-likeness (QED) is 0.815. The van der Waals surface area contributed by atoms with Crippen molar-refractivity contribution in [3.05, 3.63) is 23.8 Å². The minimum atomic E-state index is -1.19. The van der Waals surface area contributed by atoms with E-state index in [1.54, 1.807) is 39.0 Å². The third-order valence-electron chi connectivity index (χ3n) is 4.37. The van der Waals surface area contributed by atoms with E-state index >= 15 is 0 Å². The maximum Gasteiger partial charge on any atom is 0.410 e. The number of hydrogen-bond donors (Lipinski definition) is 1. The Morgan fingerprint density at radius 1 is 1.14 bits per heavy atom. The van der Waals surface area contributed by atoms with Crippen molar-refractivity contribution >= 4 is 18.0 Å². The van der Waals surface area contributed by atoms with Crippen LogP contribution in [0.25, 0.3) is 0 Å². The molecule has 2 aliphatic heterocycles. The number of rotatable bonds is 2. The second kappa shape index (κ2) is 7.57. The lowest BCUT2D eigenvalue weighted by molar-refractivity contribution is -0.144. The molecule has 1 aromatic carbocycles. The summed E-state index contributed by atoms with van der Waals surface area (Å²) in [4.78, 5) is 39.7. The number of para-hydroxylation sites is 1. The molecule has 0 spiro atoms. The number of carboxylic acids is 1. The van der Waals surface area contributed by atoms with Crippen molar-refractivity contribution < 1.29 is 33.7 Å². The number of piperazine rings is 1. The van der Waals surface area contributed by atoms with Gasteiger partial charge in [0.25, 0.3) is 5.91 Å². The summed E-state index contributed by atoms with van der Waals surface area (Å²) in [7, 11) is 0. The van der Waals surface area contributed by atoms with Gasteiger partial charge in [-0.1, -0.05) is 6.07 Å². The van der Waals surface area contributed by atoms with E-state index < -0.39 is 29.6 Å². The number of nitrogens with zero attached hydrogens (tertiary/aromatic N) is 2. The first kappa shape index (κ1) is 19.8. The van der Waals surface area contributed by atoms with Crippen LogP contribution >= 0.6 is 0 Å². The molecule has 28 heavy (non-hydrogen) atoms. The first-order chi connectivity index (χ1) is 13.2. The molecule has 2 aliphatic rings. The number of aliphatic carboxylic acids is 1. The summed E-state index contributed by atoms with van der Waals surface area (Å²) in [5.41, 5.74) is -0.447. The Hall–Kier alpha value is -2.97. The van der Waals surface area contributed by atoms with Crippen LogP contribution in [0, 0.1) is 0 Å². The number of carbonyl (C=O) groups excluding carboxylic acids is 2. The van der Waals surface area contributed by atoms with Crippen molar-refractivity contribution in [3.8, 4) is 11.5 Å². The van der Waals surface area contributed by atoms with E-state index in [9.17, 15) is 19.5 Å². The number of fused-ring (bicyclic) bond motifs is 1. The largest absolute Gasteiger partial charge is 0.486 e. The highest BCUT2D eigenvalue weighted by atomic mass is 16.6. The summed E-state index contributed by atoms with van der Waals surface area (Å²) in [6.07, 6.45) is -0.598. The van der Waals surface area contributed by atoms with E-state index in [-0.39, 0.29) is 25.2 Å². The van der Waals surface area contributed by atoms with E-state index in [0.717, 1.165) is 0 Å². The van der Waals surface area contributed by atoms with Gasteiger partial charge in [-0.15, -0.1) is 0 Å². The number of amides is 2. The number of ether oxygens (including phenoxy) is 3. The highest BCUT2D eigenvalue weighted by Gasteiger charge is 2.39. The van der Waals surface area contributed by atoms with E-state index in [4.69, 9.17) is 14.2 Å². The summed E-state index contributed by atoms with van der Waals surface area (Å²) >= 11 is 0. The summed E-state index contributed by atoms with van der Waals surface area (Å²) in [6, 6.07) is 3.75. The number of benzene rings is 1. The van der Waals surface area contributed by atoms with Crippen molar-refractivity contribution in [3.63, 3.8) is 0 Å². The normalized spacial score (nSPS) is 19.2. The molecule has 9 nitrogen and oxygen atoms in total. The average molecular weight is 392 g/mol. The fourth-order valence-electron chi connectivity index (χ4n) is 3.13. The van der Waals surface area contributed by atoms with Gasteiger partial charge in [-0.2, -0.15) is 0 Å². The van der Waals surface area contributed by atoms with Crippen LogP contribution in [0.2, 0.25) is 0 Å². The fraction of sp³-hybridized carbons (Fsp3) is 0.526. The standard InChI is InChI=1S/C19H24N2O7/c1-19(2,3)28-18(25)20-7-8-21(13(11-20)17(23)24)16(22)12-5-4-6-14-15(12)27-10-9-26-14/h4-6,13H,7-11H2,1-3H3,(H,23,24)/t13-/m1/s1. The average Bonchev–Trinajstić information content (AvgIpc) is 2.65. The Kier molecular flexibility index (Phi) is 5.35. The van der Waals surface area contributed by atoms with Gasteiger partial charge in [-0.05, 0) is 32.9 Å². The molecule has 1 aromatic rings. The van der Waals surface area contributed by atoms with E-state index in [0.29, 0.717) is 24.7 Å².